The zero-order chi connectivity index (χ0) is 23.5. The van der Waals surface area contributed by atoms with Crippen LogP contribution in [0.4, 0.5) is 0 Å². The van der Waals surface area contributed by atoms with Crippen LogP contribution in [0.1, 0.15) is 18.7 Å². The number of pyridine rings is 1. The number of halogens is 1. The molecule has 34 heavy (non-hydrogen) atoms. The van der Waals surface area contributed by atoms with Crippen molar-refractivity contribution >= 4 is 22.8 Å². The Hall–Kier alpha value is -3.99. The van der Waals surface area contributed by atoms with E-state index in [1.807, 2.05) is 41.2 Å². The highest BCUT2D eigenvalue weighted by Gasteiger charge is 2.17. The minimum Gasteiger partial charge on any atom is -0.352 e. The Bertz CT molecular complexity index is 1520. The van der Waals surface area contributed by atoms with Gasteiger partial charge in [0.2, 0.25) is 17.0 Å². The Balaban J connectivity index is 1.30. The number of aromatic amines is 1. The second-order valence-corrected chi connectivity index (χ2v) is 8.08. The van der Waals surface area contributed by atoms with Gasteiger partial charge in [0.15, 0.2) is 11.2 Å². The van der Waals surface area contributed by atoms with E-state index in [0.29, 0.717) is 49.8 Å². The predicted octanol–water partition coefficient (Wildman–Crippen LogP) is 2.51. The first-order chi connectivity index (χ1) is 16.6. The molecule has 5 rings (SSSR count). The average Bonchev–Trinajstić information content (AvgIpc) is 3.60. The van der Waals surface area contributed by atoms with Gasteiger partial charge in [-0.1, -0.05) is 11.2 Å². The molecule has 0 aromatic carbocycles. The lowest BCUT2D eigenvalue weighted by molar-refractivity contribution is 0.372. The van der Waals surface area contributed by atoms with Gasteiger partial charge in [-0.3, -0.25) is 18.9 Å². The molecule has 0 spiro atoms. The number of hydrogen-bond donors (Lipinski definition) is 1. The molecule has 174 valence electrons. The molecule has 0 radical (unpaired) electrons. The van der Waals surface area contributed by atoms with Crippen molar-refractivity contribution in [1.29, 1.82) is 0 Å². The Morgan fingerprint density at radius 3 is 2.62 bits per heavy atom. The molecule has 11 nitrogen and oxygen atoms in total. The molecule has 5 aromatic heterocycles. The van der Waals surface area contributed by atoms with E-state index >= 15 is 0 Å². The quantitative estimate of drug-likeness (QED) is 0.253. The summed E-state index contributed by atoms with van der Waals surface area (Å²) in [5, 5.41) is 4.03. The van der Waals surface area contributed by atoms with Crippen LogP contribution in [0.5, 0.6) is 0 Å². The minimum absolute atomic E-state index is 0.0686. The molecule has 0 atom stereocenters. The largest absolute Gasteiger partial charge is 0.352 e. The molecular formula is C22H21ClN8O3. The van der Waals surface area contributed by atoms with Crippen LogP contribution in [0.3, 0.4) is 0 Å². The number of rotatable bonds is 9. The second-order valence-electron chi connectivity index (χ2n) is 7.72. The van der Waals surface area contributed by atoms with Crippen LogP contribution in [0.2, 0.25) is 5.28 Å². The summed E-state index contributed by atoms with van der Waals surface area (Å²) in [4.78, 5) is 41.6. The maximum Gasteiger partial charge on any atom is 0.332 e. The van der Waals surface area contributed by atoms with Gasteiger partial charge in [-0.15, -0.1) is 0 Å². The fraction of sp³-hybridized carbons (Fsp3) is 0.273. The molecule has 0 saturated carbocycles. The highest BCUT2D eigenvalue weighted by atomic mass is 35.5. The first kappa shape index (κ1) is 21.8. The predicted molar refractivity (Wildman–Crippen MR) is 125 cm³/mol. The smallest absolute Gasteiger partial charge is 0.332 e. The molecule has 0 saturated heterocycles. The highest BCUT2D eigenvalue weighted by molar-refractivity contribution is 6.28. The lowest BCUT2D eigenvalue weighted by Gasteiger charge is -2.11. The molecule has 0 bridgehead atoms. The zero-order valence-electron chi connectivity index (χ0n) is 18.1. The number of nitrogens with one attached hydrogen (secondary N) is 1. The fourth-order valence-electron chi connectivity index (χ4n) is 3.77. The molecule has 1 N–H and O–H groups in total. The van der Waals surface area contributed by atoms with E-state index in [2.05, 4.69) is 25.1 Å². The van der Waals surface area contributed by atoms with Gasteiger partial charge < -0.3 is 14.1 Å². The summed E-state index contributed by atoms with van der Waals surface area (Å²) in [5.41, 5.74) is 0.260. The molecule has 0 unspecified atom stereocenters. The molecule has 5 aromatic rings. The molecule has 5 heterocycles. The Morgan fingerprint density at radius 2 is 1.82 bits per heavy atom. The number of aromatic nitrogens is 8. The first-order valence-corrected chi connectivity index (χ1v) is 11.2. The molecular weight excluding hydrogens is 460 g/mol. The van der Waals surface area contributed by atoms with Crippen molar-refractivity contribution in [2.45, 2.75) is 38.9 Å². The van der Waals surface area contributed by atoms with E-state index < -0.39 is 11.2 Å². The van der Waals surface area contributed by atoms with Gasteiger partial charge >= 0.3 is 5.69 Å². The standard InChI is InChI=1S/C22H21ClN8O3/c23-21-26-17-19(27-21)30(14-13-29-10-5-6-11-29)22(33)31(20(17)32)12-4-2-8-16-25-18(28-34-16)15-7-1-3-9-24-15/h1,3,5-7,9-11H,2,4,8,12-14H2,(H,26,27). The van der Waals surface area contributed by atoms with Crippen molar-refractivity contribution in [3.63, 3.8) is 0 Å². The summed E-state index contributed by atoms with van der Waals surface area (Å²) in [7, 11) is 0. The molecule has 0 aliphatic rings. The van der Waals surface area contributed by atoms with Crippen LogP contribution in [0.15, 0.2) is 63.0 Å². The number of hydrogen-bond acceptors (Lipinski definition) is 7. The van der Waals surface area contributed by atoms with Crippen molar-refractivity contribution in [1.82, 2.24) is 38.8 Å². The molecule has 0 aliphatic carbocycles. The minimum atomic E-state index is -0.438. The van der Waals surface area contributed by atoms with Gasteiger partial charge in [0.05, 0.1) is 0 Å². The summed E-state index contributed by atoms with van der Waals surface area (Å²) in [6.45, 7) is 1.15. The zero-order valence-corrected chi connectivity index (χ0v) is 18.9. The van der Waals surface area contributed by atoms with Gasteiger partial charge in [-0.2, -0.15) is 9.97 Å². The topological polar surface area (TPSA) is 129 Å². The van der Waals surface area contributed by atoms with Gasteiger partial charge in [-0.25, -0.2) is 4.79 Å². The van der Waals surface area contributed by atoms with E-state index in [-0.39, 0.29) is 23.0 Å². The normalized spacial score (nSPS) is 11.4. The summed E-state index contributed by atoms with van der Waals surface area (Å²) in [6, 6.07) is 9.29. The van der Waals surface area contributed by atoms with Crippen LogP contribution in [-0.4, -0.2) is 38.8 Å². The first-order valence-electron chi connectivity index (χ1n) is 10.8. The van der Waals surface area contributed by atoms with Crippen LogP contribution >= 0.6 is 11.6 Å². The third-order valence-corrected chi connectivity index (χ3v) is 5.64. The third kappa shape index (κ3) is 4.42. The molecule has 0 aliphatic heterocycles. The lowest BCUT2D eigenvalue weighted by Crippen LogP contribution is -2.40. The van der Waals surface area contributed by atoms with E-state index in [4.69, 9.17) is 16.1 Å². The van der Waals surface area contributed by atoms with E-state index in [1.54, 1.807) is 12.3 Å². The van der Waals surface area contributed by atoms with Gasteiger partial charge in [-0.05, 0) is 48.7 Å². The van der Waals surface area contributed by atoms with E-state index in [0.717, 1.165) is 0 Å². The van der Waals surface area contributed by atoms with Crippen molar-refractivity contribution in [2.75, 3.05) is 0 Å². The van der Waals surface area contributed by atoms with Crippen molar-refractivity contribution in [2.24, 2.45) is 0 Å². The summed E-state index contributed by atoms with van der Waals surface area (Å²) in [6.07, 6.45) is 7.23. The molecule has 0 amide bonds. The maximum atomic E-state index is 13.2. The SMILES string of the molecule is O=c1c2[nH]c(Cl)nc2n(CCn2cccc2)c(=O)n1CCCCc1nc(-c2ccccn2)no1. The second kappa shape index (κ2) is 9.48. The molecule has 12 heteroatoms. The number of nitrogens with zero attached hydrogens (tertiary/aromatic N) is 7. The van der Waals surface area contributed by atoms with Crippen molar-refractivity contribution < 1.29 is 4.52 Å². The van der Waals surface area contributed by atoms with Crippen molar-refractivity contribution in [3.8, 4) is 11.5 Å². The highest BCUT2D eigenvalue weighted by Crippen LogP contribution is 2.14. The number of H-pyrrole nitrogens is 1. The maximum absolute atomic E-state index is 13.2. The third-order valence-electron chi connectivity index (χ3n) is 5.46. The average molecular weight is 481 g/mol. The lowest BCUT2D eigenvalue weighted by atomic mass is 10.2. The Morgan fingerprint density at radius 1 is 0.971 bits per heavy atom. The number of fused-ring (bicyclic) bond motifs is 1. The number of imidazole rings is 1. The Kier molecular flexibility index (Phi) is 6.09. The fourth-order valence-corrected chi connectivity index (χ4v) is 3.95. The summed E-state index contributed by atoms with van der Waals surface area (Å²) >= 11 is 6.01. The summed E-state index contributed by atoms with van der Waals surface area (Å²) in [5.74, 6) is 0.909. The Labute approximate surface area is 197 Å². The van der Waals surface area contributed by atoms with Crippen molar-refractivity contribution in [3.05, 3.63) is 80.9 Å². The summed E-state index contributed by atoms with van der Waals surface area (Å²) < 4.78 is 9.95. The van der Waals surface area contributed by atoms with Gasteiger partial charge in [0.25, 0.3) is 5.56 Å². The van der Waals surface area contributed by atoms with Gasteiger partial charge in [0, 0.05) is 44.6 Å². The number of unbranched alkanes of at least 4 members (excludes halogenated alkanes) is 1. The molecule has 0 fully saturated rings. The van der Waals surface area contributed by atoms with Crippen LogP contribution in [-0.2, 0) is 26.1 Å². The number of aryl methyl sites for hydroxylation is 3. The van der Waals surface area contributed by atoms with Crippen LogP contribution < -0.4 is 11.2 Å². The van der Waals surface area contributed by atoms with Crippen LogP contribution in [0.25, 0.3) is 22.7 Å². The van der Waals surface area contributed by atoms with Gasteiger partial charge in [0.1, 0.15) is 5.69 Å². The van der Waals surface area contributed by atoms with Crippen LogP contribution in [0, 0.1) is 0 Å². The van der Waals surface area contributed by atoms with E-state index in [9.17, 15) is 9.59 Å². The monoisotopic (exact) mass is 480 g/mol. The van der Waals surface area contributed by atoms with E-state index in [1.165, 1.54) is 9.13 Å².